The number of nitrogens with zero attached hydrogens (tertiary/aromatic N) is 2. The van der Waals surface area contributed by atoms with E-state index in [1.807, 2.05) is 30.3 Å². The SMILES string of the molecule is O=C(CCc1nnc(-c2ccccc2)o1)Nc1ccc(Cl)c(C(F)(F)F)c1. The summed E-state index contributed by atoms with van der Waals surface area (Å²) in [6.07, 6.45) is -4.47. The molecule has 3 aromatic rings. The molecule has 0 fully saturated rings. The van der Waals surface area contributed by atoms with Gasteiger partial charge in [-0.15, -0.1) is 10.2 Å². The first kappa shape index (κ1) is 18.9. The lowest BCUT2D eigenvalue weighted by atomic mass is 10.2. The molecule has 1 N–H and O–H groups in total. The Labute approximate surface area is 157 Å². The number of alkyl halides is 3. The van der Waals surface area contributed by atoms with Crippen molar-refractivity contribution in [3.05, 3.63) is 65.0 Å². The molecule has 0 atom stereocenters. The van der Waals surface area contributed by atoms with Crippen molar-refractivity contribution in [1.82, 2.24) is 10.2 Å². The van der Waals surface area contributed by atoms with E-state index >= 15 is 0 Å². The summed E-state index contributed by atoms with van der Waals surface area (Å²) >= 11 is 5.55. The van der Waals surface area contributed by atoms with Gasteiger partial charge in [-0.05, 0) is 30.3 Å². The summed E-state index contributed by atoms with van der Waals surface area (Å²) in [6, 6.07) is 12.3. The van der Waals surface area contributed by atoms with Gasteiger partial charge in [-0.1, -0.05) is 29.8 Å². The second kappa shape index (κ2) is 7.79. The van der Waals surface area contributed by atoms with Gasteiger partial charge in [0, 0.05) is 24.1 Å². The van der Waals surface area contributed by atoms with Gasteiger partial charge in [0.1, 0.15) is 0 Å². The maximum Gasteiger partial charge on any atom is 0.417 e. The zero-order valence-corrected chi connectivity index (χ0v) is 14.5. The maximum atomic E-state index is 12.9. The highest BCUT2D eigenvalue weighted by molar-refractivity contribution is 6.31. The Morgan fingerprint density at radius 1 is 1.11 bits per heavy atom. The van der Waals surface area contributed by atoms with Crippen molar-refractivity contribution in [2.45, 2.75) is 19.0 Å². The summed E-state index contributed by atoms with van der Waals surface area (Å²) in [5, 5.41) is 9.75. The molecule has 3 rings (SSSR count). The van der Waals surface area contributed by atoms with Crippen molar-refractivity contribution in [2.24, 2.45) is 0 Å². The zero-order chi connectivity index (χ0) is 19.4. The lowest BCUT2D eigenvalue weighted by Crippen LogP contribution is -2.14. The number of hydrogen-bond acceptors (Lipinski definition) is 4. The minimum atomic E-state index is -4.60. The quantitative estimate of drug-likeness (QED) is 0.661. The highest BCUT2D eigenvalue weighted by atomic mass is 35.5. The van der Waals surface area contributed by atoms with Crippen molar-refractivity contribution in [3.63, 3.8) is 0 Å². The second-order valence-corrected chi connectivity index (χ2v) is 6.01. The highest BCUT2D eigenvalue weighted by Crippen LogP contribution is 2.36. The van der Waals surface area contributed by atoms with Crippen LogP contribution in [-0.2, 0) is 17.4 Å². The summed E-state index contributed by atoms with van der Waals surface area (Å²) in [4.78, 5) is 12.0. The number of benzene rings is 2. The summed E-state index contributed by atoms with van der Waals surface area (Å²) in [7, 11) is 0. The summed E-state index contributed by atoms with van der Waals surface area (Å²) < 4.78 is 44.0. The molecule has 0 aliphatic carbocycles. The van der Waals surface area contributed by atoms with Gasteiger partial charge in [-0.25, -0.2) is 0 Å². The van der Waals surface area contributed by atoms with Crippen LogP contribution in [0.5, 0.6) is 0 Å². The van der Waals surface area contributed by atoms with E-state index in [4.69, 9.17) is 16.0 Å². The van der Waals surface area contributed by atoms with Crippen LogP contribution in [0.15, 0.2) is 52.9 Å². The summed E-state index contributed by atoms with van der Waals surface area (Å²) in [5.74, 6) is 0.111. The molecule has 27 heavy (non-hydrogen) atoms. The number of aromatic nitrogens is 2. The number of aryl methyl sites for hydroxylation is 1. The lowest BCUT2D eigenvalue weighted by Gasteiger charge is -2.11. The fourth-order valence-corrected chi connectivity index (χ4v) is 2.54. The Kier molecular flexibility index (Phi) is 5.46. The van der Waals surface area contributed by atoms with Gasteiger partial charge in [0.15, 0.2) is 0 Å². The summed E-state index contributed by atoms with van der Waals surface area (Å²) in [6.45, 7) is 0. The number of rotatable bonds is 5. The maximum absolute atomic E-state index is 12.9. The Morgan fingerprint density at radius 3 is 2.56 bits per heavy atom. The third-order valence-electron chi connectivity index (χ3n) is 3.61. The normalized spacial score (nSPS) is 11.4. The zero-order valence-electron chi connectivity index (χ0n) is 13.8. The predicted molar refractivity (Wildman–Crippen MR) is 93.1 cm³/mol. The third kappa shape index (κ3) is 4.85. The van der Waals surface area contributed by atoms with Gasteiger partial charge in [-0.2, -0.15) is 13.2 Å². The van der Waals surface area contributed by atoms with Crippen LogP contribution in [0.2, 0.25) is 5.02 Å². The molecule has 0 saturated heterocycles. The molecule has 0 saturated carbocycles. The number of halogens is 4. The first-order valence-corrected chi connectivity index (χ1v) is 8.25. The van der Waals surface area contributed by atoms with Crippen LogP contribution >= 0.6 is 11.6 Å². The number of hydrogen-bond donors (Lipinski definition) is 1. The monoisotopic (exact) mass is 395 g/mol. The average Bonchev–Trinajstić information content (AvgIpc) is 3.10. The van der Waals surface area contributed by atoms with Gasteiger partial charge in [0.05, 0.1) is 10.6 Å². The Balaban J connectivity index is 1.60. The number of anilines is 1. The standard InChI is InChI=1S/C18H13ClF3N3O2/c19-14-7-6-12(10-13(14)18(20,21)22)23-15(26)8-9-16-24-25-17(27-16)11-4-2-1-3-5-11/h1-7,10H,8-9H2,(H,23,26). The number of carbonyl (C=O) groups excluding carboxylic acids is 1. The molecule has 0 aliphatic heterocycles. The van der Waals surface area contributed by atoms with Crippen LogP contribution in [0.1, 0.15) is 17.9 Å². The van der Waals surface area contributed by atoms with E-state index < -0.39 is 22.7 Å². The highest BCUT2D eigenvalue weighted by Gasteiger charge is 2.33. The molecule has 1 amide bonds. The van der Waals surface area contributed by atoms with E-state index in [0.29, 0.717) is 5.89 Å². The van der Waals surface area contributed by atoms with E-state index in [9.17, 15) is 18.0 Å². The first-order valence-electron chi connectivity index (χ1n) is 7.87. The average molecular weight is 396 g/mol. The Bertz CT molecular complexity index is 943. The molecule has 0 aliphatic rings. The van der Waals surface area contributed by atoms with Crippen LogP contribution in [0.25, 0.3) is 11.5 Å². The van der Waals surface area contributed by atoms with Crippen LogP contribution in [0.3, 0.4) is 0 Å². The molecule has 1 aromatic heterocycles. The fourth-order valence-electron chi connectivity index (χ4n) is 2.32. The minimum Gasteiger partial charge on any atom is -0.421 e. The van der Waals surface area contributed by atoms with Crippen molar-refractivity contribution >= 4 is 23.2 Å². The fraction of sp³-hybridized carbons (Fsp3) is 0.167. The van der Waals surface area contributed by atoms with Crippen LogP contribution in [0.4, 0.5) is 18.9 Å². The van der Waals surface area contributed by atoms with Crippen LogP contribution in [0, 0.1) is 0 Å². The molecule has 9 heteroatoms. The third-order valence-corrected chi connectivity index (χ3v) is 3.94. The van der Waals surface area contributed by atoms with Crippen LogP contribution < -0.4 is 5.32 Å². The van der Waals surface area contributed by atoms with E-state index in [2.05, 4.69) is 15.5 Å². The van der Waals surface area contributed by atoms with E-state index in [1.54, 1.807) is 0 Å². The van der Waals surface area contributed by atoms with E-state index in [-0.39, 0.29) is 24.4 Å². The van der Waals surface area contributed by atoms with Crippen molar-refractivity contribution < 1.29 is 22.4 Å². The molecule has 0 unspecified atom stereocenters. The van der Waals surface area contributed by atoms with Crippen molar-refractivity contribution in [2.75, 3.05) is 5.32 Å². The van der Waals surface area contributed by atoms with Gasteiger partial charge in [0.2, 0.25) is 17.7 Å². The number of amides is 1. The minimum absolute atomic E-state index is 0.00669. The smallest absolute Gasteiger partial charge is 0.417 e. The van der Waals surface area contributed by atoms with Crippen molar-refractivity contribution in [1.29, 1.82) is 0 Å². The van der Waals surface area contributed by atoms with E-state index in [1.165, 1.54) is 6.07 Å². The van der Waals surface area contributed by atoms with Crippen molar-refractivity contribution in [3.8, 4) is 11.5 Å². The molecule has 0 radical (unpaired) electrons. The Hall–Kier alpha value is -2.87. The van der Waals surface area contributed by atoms with Gasteiger partial charge in [0.25, 0.3) is 0 Å². The second-order valence-electron chi connectivity index (χ2n) is 5.61. The van der Waals surface area contributed by atoms with E-state index in [0.717, 1.165) is 17.7 Å². The Morgan fingerprint density at radius 2 is 1.85 bits per heavy atom. The molecule has 0 bridgehead atoms. The molecule has 140 valence electrons. The molecule has 0 spiro atoms. The molecular formula is C18H13ClF3N3O2. The lowest BCUT2D eigenvalue weighted by molar-refractivity contribution is -0.137. The first-order chi connectivity index (χ1) is 12.8. The topological polar surface area (TPSA) is 68.0 Å². The number of carbonyl (C=O) groups is 1. The van der Waals surface area contributed by atoms with Crippen LogP contribution in [-0.4, -0.2) is 16.1 Å². The van der Waals surface area contributed by atoms with Gasteiger partial charge >= 0.3 is 6.18 Å². The van der Waals surface area contributed by atoms with Gasteiger partial charge in [-0.3, -0.25) is 4.79 Å². The molecular weight excluding hydrogens is 383 g/mol. The van der Waals surface area contributed by atoms with Gasteiger partial charge < -0.3 is 9.73 Å². The largest absolute Gasteiger partial charge is 0.421 e. The molecule has 5 nitrogen and oxygen atoms in total. The summed E-state index contributed by atoms with van der Waals surface area (Å²) in [5.41, 5.74) is -0.250. The molecule has 2 aromatic carbocycles. The molecule has 1 heterocycles. The predicted octanol–water partition coefficient (Wildman–Crippen LogP) is 4.98. The number of nitrogens with one attached hydrogen (secondary N) is 1.